The summed E-state index contributed by atoms with van der Waals surface area (Å²) in [5.41, 5.74) is 1.74. The number of rotatable bonds is 1. The summed E-state index contributed by atoms with van der Waals surface area (Å²) in [6.07, 6.45) is 0.334. The second-order valence-corrected chi connectivity index (χ2v) is 6.06. The fourth-order valence-electron chi connectivity index (χ4n) is 2.43. The fourth-order valence-corrected chi connectivity index (χ4v) is 3.02. The molecule has 0 aliphatic carbocycles. The molecule has 2 aromatic carbocycles. The average molecular weight is 365 g/mol. The second-order valence-electron chi connectivity index (χ2n) is 4.77. The highest BCUT2D eigenvalue weighted by Crippen LogP contribution is 2.30. The molecule has 0 bridgehead atoms. The fraction of sp³-hybridized carbons (Fsp3) is 0.125. The van der Waals surface area contributed by atoms with Gasteiger partial charge in [0, 0.05) is 28.0 Å². The van der Waals surface area contributed by atoms with Crippen LogP contribution in [0.1, 0.15) is 27.1 Å². The number of hydrogen-bond acceptors (Lipinski definition) is 2. The van der Waals surface area contributed by atoms with E-state index in [2.05, 4.69) is 15.9 Å². The van der Waals surface area contributed by atoms with Gasteiger partial charge < -0.3 is 4.90 Å². The minimum Gasteiger partial charge on any atom is -0.307 e. The van der Waals surface area contributed by atoms with Gasteiger partial charge in [-0.3, -0.25) is 9.59 Å². The summed E-state index contributed by atoms with van der Waals surface area (Å²) in [6, 6.07) is 12.3. The summed E-state index contributed by atoms with van der Waals surface area (Å²) in [6.45, 7) is 0.383. The third-order valence-corrected chi connectivity index (χ3v) is 4.39. The molecule has 1 aliphatic rings. The van der Waals surface area contributed by atoms with Crippen LogP contribution in [0, 0.1) is 0 Å². The van der Waals surface area contributed by atoms with E-state index in [1.54, 1.807) is 41.3 Å². The summed E-state index contributed by atoms with van der Waals surface area (Å²) in [4.78, 5) is 26.3. The first-order valence-corrected chi connectivity index (χ1v) is 7.64. The number of fused-ring (bicyclic) bond motifs is 1. The molecule has 3 rings (SSSR count). The van der Waals surface area contributed by atoms with E-state index >= 15 is 0 Å². The lowest BCUT2D eigenvalue weighted by atomic mass is 9.99. The smallest absolute Gasteiger partial charge is 0.259 e. The number of hydrogen-bond donors (Lipinski definition) is 0. The van der Waals surface area contributed by atoms with E-state index in [0.717, 1.165) is 0 Å². The van der Waals surface area contributed by atoms with Crippen molar-refractivity contribution in [3.05, 3.63) is 63.1 Å². The van der Waals surface area contributed by atoms with Crippen LogP contribution < -0.4 is 4.90 Å². The maximum Gasteiger partial charge on any atom is 0.259 e. The van der Waals surface area contributed by atoms with Gasteiger partial charge >= 0.3 is 0 Å². The Hall–Kier alpha value is -1.65. The van der Waals surface area contributed by atoms with Gasteiger partial charge in [-0.1, -0.05) is 23.7 Å². The van der Waals surface area contributed by atoms with Crippen LogP contribution in [-0.4, -0.2) is 18.2 Å². The molecule has 1 aliphatic heterocycles. The number of nitrogens with zero attached hydrogens (tertiary/aromatic N) is 1. The summed E-state index contributed by atoms with van der Waals surface area (Å²) in [5, 5.41) is 0.503. The van der Waals surface area contributed by atoms with Gasteiger partial charge in [-0.05, 0) is 46.3 Å². The molecular weight excluding hydrogens is 354 g/mol. The maximum atomic E-state index is 12.8. The number of amides is 1. The van der Waals surface area contributed by atoms with Crippen molar-refractivity contribution in [3.8, 4) is 0 Å². The molecule has 1 amide bonds. The lowest BCUT2D eigenvalue weighted by molar-refractivity contribution is 0.0955. The molecule has 5 heteroatoms. The third kappa shape index (κ3) is 2.61. The number of halogens is 2. The summed E-state index contributed by atoms with van der Waals surface area (Å²) >= 11 is 9.35. The highest BCUT2D eigenvalue weighted by molar-refractivity contribution is 9.10. The Balaban J connectivity index is 2.05. The van der Waals surface area contributed by atoms with Gasteiger partial charge in [-0.2, -0.15) is 0 Å². The zero-order valence-electron chi connectivity index (χ0n) is 11.0. The predicted molar refractivity (Wildman–Crippen MR) is 86.2 cm³/mol. The van der Waals surface area contributed by atoms with Gasteiger partial charge in [0.25, 0.3) is 5.91 Å². The average Bonchev–Trinajstić information content (AvgIpc) is 2.50. The Morgan fingerprint density at radius 3 is 2.76 bits per heavy atom. The van der Waals surface area contributed by atoms with E-state index in [1.807, 2.05) is 6.07 Å². The molecule has 0 saturated carbocycles. The van der Waals surface area contributed by atoms with Crippen molar-refractivity contribution in [2.45, 2.75) is 6.42 Å². The monoisotopic (exact) mass is 363 g/mol. The molecule has 0 atom stereocenters. The molecule has 106 valence electrons. The lowest BCUT2D eigenvalue weighted by Gasteiger charge is -2.29. The topological polar surface area (TPSA) is 37.4 Å². The van der Waals surface area contributed by atoms with Gasteiger partial charge in [0.15, 0.2) is 5.78 Å². The molecule has 0 N–H and O–H groups in total. The van der Waals surface area contributed by atoms with Crippen molar-refractivity contribution in [1.29, 1.82) is 0 Å². The van der Waals surface area contributed by atoms with Gasteiger partial charge in [0.2, 0.25) is 0 Å². The number of ketones is 1. The molecule has 2 aromatic rings. The largest absolute Gasteiger partial charge is 0.307 e. The molecule has 0 aromatic heterocycles. The number of benzene rings is 2. The Morgan fingerprint density at radius 1 is 1.19 bits per heavy atom. The summed E-state index contributed by atoms with van der Waals surface area (Å²) in [5.74, 6) is -0.0934. The minimum absolute atomic E-state index is 0.0693. The molecule has 1 heterocycles. The zero-order chi connectivity index (χ0) is 15.0. The standard InChI is InChI=1S/C16H11BrClNO2/c17-13-6-5-10(18)9-12(13)16(21)19-8-7-15(20)11-3-1-2-4-14(11)19/h1-6,9H,7-8H2. The number of anilines is 1. The van der Waals surface area contributed by atoms with Crippen molar-refractivity contribution in [2.75, 3.05) is 11.4 Å². The van der Waals surface area contributed by atoms with Crippen LogP contribution in [-0.2, 0) is 0 Å². The summed E-state index contributed by atoms with van der Waals surface area (Å²) < 4.78 is 0.686. The van der Waals surface area contributed by atoms with Crippen LogP contribution in [0.15, 0.2) is 46.9 Å². The maximum absolute atomic E-state index is 12.8. The highest BCUT2D eigenvalue weighted by Gasteiger charge is 2.28. The van der Waals surface area contributed by atoms with E-state index in [-0.39, 0.29) is 11.7 Å². The van der Waals surface area contributed by atoms with Crippen LogP contribution in [0.5, 0.6) is 0 Å². The van der Waals surface area contributed by atoms with E-state index < -0.39 is 0 Å². The van der Waals surface area contributed by atoms with E-state index in [1.165, 1.54) is 0 Å². The molecule has 0 saturated heterocycles. The Kier molecular flexibility index (Phi) is 3.83. The van der Waals surface area contributed by atoms with E-state index in [9.17, 15) is 9.59 Å². The number of para-hydroxylation sites is 1. The van der Waals surface area contributed by atoms with Gasteiger partial charge in [-0.15, -0.1) is 0 Å². The minimum atomic E-state index is -0.163. The van der Waals surface area contributed by atoms with E-state index in [0.29, 0.717) is 39.3 Å². The van der Waals surface area contributed by atoms with Crippen molar-refractivity contribution in [2.24, 2.45) is 0 Å². The Bertz CT molecular complexity index is 745. The van der Waals surface area contributed by atoms with Crippen molar-refractivity contribution in [3.63, 3.8) is 0 Å². The molecule has 21 heavy (non-hydrogen) atoms. The quantitative estimate of drug-likeness (QED) is 0.755. The zero-order valence-corrected chi connectivity index (χ0v) is 13.3. The number of carbonyl (C=O) groups is 2. The van der Waals surface area contributed by atoms with Crippen LogP contribution in [0.3, 0.4) is 0 Å². The van der Waals surface area contributed by atoms with Gasteiger partial charge in [0.1, 0.15) is 0 Å². The van der Waals surface area contributed by atoms with Crippen LogP contribution in [0.4, 0.5) is 5.69 Å². The molecule has 3 nitrogen and oxygen atoms in total. The molecule has 0 unspecified atom stereocenters. The lowest BCUT2D eigenvalue weighted by Crippen LogP contribution is -2.37. The normalized spacial score (nSPS) is 14.0. The van der Waals surface area contributed by atoms with Crippen LogP contribution in [0.2, 0.25) is 5.02 Å². The number of Topliss-reactive ketones (excluding diaryl/α,β-unsaturated/α-hetero) is 1. The SMILES string of the molecule is O=C1CCN(C(=O)c2cc(Cl)ccc2Br)c2ccccc21. The first-order chi connectivity index (χ1) is 10.1. The van der Waals surface area contributed by atoms with E-state index in [4.69, 9.17) is 11.6 Å². The van der Waals surface area contributed by atoms with Crippen molar-refractivity contribution < 1.29 is 9.59 Å². The second kappa shape index (κ2) is 5.62. The molecule has 0 radical (unpaired) electrons. The van der Waals surface area contributed by atoms with Crippen LogP contribution >= 0.6 is 27.5 Å². The number of carbonyl (C=O) groups excluding carboxylic acids is 2. The Labute approximate surface area is 135 Å². The molecular formula is C16H11BrClNO2. The summed E-state index contributed by atoms with van der Waals surface area (Å²) in [7, 11) is 0. The van der Waals surface area contributed by atoms with Gasteiger partial charge in [-0.25, -0.2) is 0 Å². The van der Waals surface area contributed by atoms with Crippen LogP contribution in [0.25, 0.3) is 0 Å². The van der Waals surface area contributed by atoms with Crippen molar-refractivity contribution >= 4 is 44.9 Å². The highest BCUT2D eigenvalue weighted by atomic mass is 79.9. The Morgan fingerprint density at radius 2 is 1.95 bits per heavy atom. The third-order valence-electron chi connectivity index (χ3n) is 3.46. The molecule has 0 fully saturated rings. The first-order valence-electron chi connectivity index (χ1n) is 6.47. The van der Waals surface area contributed by atoms with Crippen molar-refractivity contribution in [1.82, 2.24) is 0 Å². The molecule has 0 spiro atoms. The first kappa shape index (κ1) is 14.3. The predicted octanol–water partition coefficient (Wildman–Crippen LogP) is 4.34. The van der Waals surface area contributed by atoms with Gasteiger partial charge in [0.05, 0.1) is 11.3 Å².